The zero-order chi connectivity index (χ0) is 11.4. The fourth-order valence-electron chi connectivity index (χ4n) is 2.08. The van der Waals surface area contributed by atoms with Crippen molar-refractivity contribution in [3.63, 3.8) is 0 Å². The molecule has 1 aromatic rings. The SMILES string of the molecule is CC.Cc1cc2c(cc1F)CC[C@H](C)C2. The lowest BCUT2D eigenvalue weighted by Gasteiger charge is -2.21. The molecule has 0 aromatic heterocycles. The number of hydrogen-bond donors (Lipinski definition) is 0. The summed E-state index contributed by atoms with van der Waals surface area (Å²) >= 11 is 0. The van der Waals surface area contributed by atoms with Gasteiger partial charge in [-0.05, 0) is 54.9 Å². The zero-order valence-corrected chi connectivity index (χ0v) is 10.2. The van der Waals surface area contributed by atoms with Crippen molar-refractivity contribution in [1.29, 1.82) is 0 Å². The minimum atomic E-state index is -0.0479. The van der Waals surface area contributed by atoms with Crippen molar-refractivity contribution in [2.24, 2.45) is 5.92 Å². The van der Waals surface area contributed by atoms with Crippen molar-refractivity contribution in [3.05, 3.63) is 34.6 Å². The summed E-state index contributed by atoms with van der Waals surface area (Å²) in [4.78, 5) is 0. The van der Waals surface area contributed by atoms with Crippen molar-refractivity contribution in [1.82, 2.24) is 0 Å². The standard InChI is InChI=1S/C12H15F.C2H6/c1-8-3-4-10-7-12(13)9(2)6-11(10)5-8;1-2/h6-8H,3-5H2,1-2H3;1-2H3/t8-;/m0./s1. The summed E-state index contributed by atoms with van der Waals surface area (Å²) in [7, 11) is 0. The lowest BCUT2D eigenvalue weighted by molar-refractivity contribution is 0.496. The van der Waals surface area contributed by atoms with Crippen LogP contribution in [0.4, 0.5) is 4.39 Å². The van der Waals surface area contributed by atoms with E-state index in [1.54, 1.807) is 6.07 Å². The third-order valence-electron chi connectivity index (χ3n) is 2.96. The zero-order valence-electron chi connectivity index (χ0n) is 10.2. The van der Waals surface area contributed by atoms with Crippen molar-refractivity contribution < 1.29 is 4.39 Å². The van der Waals surface area contributed by atoms with E-state index in [1.165, 1.54) is 17.5 Å². The maximum Gasteiger partial charge on any atom is 0.126 e. The second-order valence-electron chi connectivity index (χ2n) is 4.22. The Morgan fingerprint density at radius 3 is 2.53 bits per heavy atom. The normalized spacial score (nSPS) is 18.9. The van der Waals surface area contributed by atoms with E-state index >= 15 is 0 Å². The molecule has 15 heavy (non-hydrogen) atoms. The molecule has 0 nitrogen and oxygen atoms in total. The molecule has 0 bridgehead atoms. The van der Waals surface area contributed by atoms with Crippen LogP contribution in [-0.2, 0) is 12.8 Å². The Morgan fingerprint density at radius 2 is 1.87 bits per heavy atom. The molecule has 2 rings (SSSR count). The molecule has 0 fully saturated rings. The Labute approximate surface area is 92.5 Å². The van der Waals surface area contributed by atoms with E-state index in [0.29, 0.717) is 0 Å². The molecule has 0 spiro atoms. The Hall–Kier alpha value is -0.850. The fraction of sp³-hybridized carbons (Fsp3) is 0.571. The Bertz CT molecular complexity index is 328. The average molecular weight is 208 g/mol. The van der Waals surface area contributed by atoms with Gasteiger partial charge < -0.3 is 0 Å². The lowest BCUT2D eigenvalue weighted by Crippen LogP contribution is -2.11. The number of fused-ring (bicyclic) bond motifs is 1. The van der Waals surface area contributed by atoms with Crippen molar-refractivity contribution in [2.75, 3.05) is 0 Å². The van der Waals surface area contributed by atoms with Gasteiger partial charge >= 0.3 is 0 Å². The molecule has 84 valence electrons. The largest absolute Gasteiger partial charge is 0.207 e. The van der Waals surface area contributed by atoms with Gasteiger partial charge in [0.05, 0.1) is 0 Å². The fourth-order valence-corrected chi connectivity index (χ4v) is 2.08. The van der Waals surface area contributed by atoms with Gasteiger partial charge in [0.15, 0.2) is 0 Å². The smallest absolute Gasteiger partial charge is 0.126 e. The van der Waals surface area contributed by atoms with E-state index in [1.807, 2.05) is 26.8 Å². The lowest BCUT2D eigenvalue weighted by atomic mass is 9.84. The summed E-state index contributed by atoms with van der Waals surface area (Å²) in [6, 6.07) is 3.73. The highest BCUT2D eigenvalue weighted by atomic mass is 19.1. The molecule has 0 N–H and O–H groups in total. The van der Waals surface area contributed by atoms with Gasteiger partial charge in [0.2, 0.25) is 0 Å². The van der Waals surface area contributed by atoms with E-state index in [-0.39, 0.29) is 5.82 Å². The van der Waals surface area contributed by atoms with Crippen LogP contribution in [0.2, 0.25) is 0 Å². The second-order valence-corrected chi connectivity index (χ2v) is 4.22. The first-order valence-corrected chi connectivity index (χ1v) is 5.94. The molecule has 0 unspecified atom stereocenters. The van der Waals surface area contributed by atoms with E-state index < -0.39 is 0 Å². The molecule has 1 aliphatic rings. The highest BCUT2D eigenvalue weighted by Gasteiger charge is 2.16. The molecule has 1 atom stereocenters. The van der Waals surface area contributed by atoms with Gasteiger partial charge in [0.1, 0.15) is 5.82 Å². The molecule has 0 aliphatic heterocycles. The van der Waals surface area contributed by atoms with E-state index in [4.69, 9.17) is 0 Å². The topological polar surface area (TPSA) is 0 Å². The van der Waals surface area contributed by atoms with Crippen LogP contribution < -0.4 is 0 Å². The van der Waals surface area contributed by atoms with Gasteiger partial charge in [0, 0.05) is 0 Å². The summed E-state index contributed by atoms with van der Waals surface area (Å²) in [5, 5.41) is 0. The van der Waals surface area contributed by atoms with Crippen LogP contribution >= 0.6 is 0 Å². The summed E-state index contributed by atoms with van der Waals surface area (Å²) in [6.45, 7) is 8.11. The average Bonchev–Trinajstić information content (AvgIpc) is 2.23. The molecule has 0 saturated heterocycles. The molecule has 0 radical (unpaired) electrons. The second kappa shape index (κ2) is 5.29. The molecule has 0 heterocycles. The Morgan fingerprint density at radius 1 is 1.20 bits per heavy atom. The Kier molecular flexibility index (Phi) is 4.31. The third-order valence-corrected chi connectivity index (χ3v) is 2.96. The maximum absolute atomic E-state index is 13.2. The van der Waals surface area contributed by atoms with E-state index in [9.17, 15) is 4.39 Å². The first-order chi connectivity index (χ1) is 7.16. The molecule has 0 saturated carbocycles. The molecular weight excluding hydrogens is 187 g/mol. The van der Waals surface area contributed by atoms with Gasteiger partial charge in [-0.25, -0.2) is 4.39 Å². The number of benzene rings is 1. The number of rotatable bonds is 0. The number of hydrogen-bond acceptors (Lipinski definition) is 0. The van der Waals surface area contributed by atoms with E-state index in [2.05, 4.69) is 6.92 Å². The monoisotopic (exact) mass is 208 g/mol. The van der Waals surface area contributed by atoms with Crippen molar-refractivity contribution in [2.45, 2.75) is 47.0 Å². The quantitative estimate of drug-likeness (QED) is 0.597. The van der Waals surface area contributed by atoms with Crippen LogP contribution in [0.3, 0.4) is 0 Å². The first-order valence-electron chi connectivity index (χ1n) is 5.94. The minimum absolute atomic E-state index is 0.0479. The highest BCUT2D eigenvalue weighted by Crippen LogP contribution is 2.27. The molecular formula is C14H21F. The van der Waals surface area contributed by atoms with Gasteiger partial charge in [-0.15, -0.1) is 0 Å². The van der Waals surface area contributed by atoms with Crippen molar-refractivity contribution in [3.8, 4) is 0 Å². The summed E-state index contributed by atoms with van der Waals surface area (Å²) in [6.07, 6.45) is 3.37. The van der Waals surface area contributed by atoms with Gasteiger partial charge in [-0.1, -0.05) is 26.8 Å². The van der Waals surface area contributed by atoms with Crippen LogP contribution in [0, 0.1) is 18.7 Å². The molecule has 0 amide bonds. The van der Waals surface area contributed by atoms with Crippen molar-refractivity contribution >= 4 is 0 Å². The van der Waals surface area contributed by atoms with Gasteiger partial charge in [-0.2, -0.15) is 0 Å². The molecule has 1 heteroatoms. The highest BCUT2D eigenvalue weighted by molar-refractivity contribution is 5.34. The predicted octanol–water partition coefficient (Wildman–Crippen LogP) is 4.29. The van der Waals surface area contributed by atoms with E-state index in [0.717, 1.165) is 24.3 Å². The summed E-state index contributed by atoms with van der Waals surface area (Å²) < 4.78 is 13.2. The Balaban J connectivity index is 0.000000531. The summed E-state index contributed by atoms with van der Waals surface area (Å²) in [5.74, 6) is 0.714. The first kappa shape index (κ1) is 12.2. The van der Waals surface area contributed by atoms with Crippen LogP contribution in [0.1, 0.15) is 43.9 Å². The van der Waals surface area contributed by atoms with Crippen LogP contribution in [0.5, 0.6) is 0 Å². The maximum atomic E-state index is 13.2. The molecule has 1 aromatic carbocycles. The number of halogens is 1. The predicted molar refractivity (Wildman–Crippen MR) is 63.7 cm³/mol. The van der Waals surface area contributed by atoms with Crippen LogP contribution in [-0.4, -0.2) is 0 Å². The third kappa shape index (κ3) is 2.80. The molecule has 1 aliphatic carbocycles. The van der Waals surface area contributed by atoms with Crippen LogP contribution in [0.15, 0.2) is 12.1 Å². The van der Waals surface area contributed by atoms with Gasteiger partial charge in [-0.3, -0.25) is 0 Å². The minimum Gasteiger partial charge on any atom is -0.207 e. The number of aryl methyl sites for hydroxylation is 2. The summed E-state index contributed by atoms with van der Waals surface area (Å²) in [5.41, 5.74) is 3.37. The van der Waals surface area contributed by atoms with Crippen LogP contribution in [0.25, 0.3) is 0 Å². The van der Waals surface area contributed by atoms with Gasteiger partial charge in [0.25, 0.3) is 0 Å².